The van der Waals surface area contributed by atoms with Crippen LogP contribution in [0.15, 0.2) is 30.3 Å². The number of anilines is 1. The molecule has 1 aromatic heterocycles. The van der Waals surface area contributed by atoms with Gasteiger partial charge in [0.1, 0.15) is 0 Å². The summed E-state index contributed by atoms with van der Waals surface area (Å²) in [6, 6.07) is 9.98. The van der Waals surface area contributed by atoms with Crippen molar-refractivity contribution in [2.45, 2.75) is 25.8 Å². The van der Waals surface area contributed by atoms with E-state index in [2.05, 4.69) is 0 Å². The molecule has 0 unspecified atom stereocenters. The predicted molar refractivity (Wildman–Crippen MR) is 91.1 cm³/mol. The Kier molecular flexibility index (Phi) is 4.34. The summed E-state index contributed by atoms with van der Waals surface area (Å²) in [6.07, 6.45) is 1.86. The van der Waals surface area contributed by atoms with Gasteiger partial charge in [0.2, 0.25) is 5.91 Å². The molecule has 1 aliphatic rings. The van der Waals surface area contributed by atoms with Crippen LogP contribution in [-0.2, 0) is 24.2 Å². The number of primary amides is 1. The van der Waals surface area contributed by atoms with Gasteiger partial charge < -0.3 is 16.4 Å². The van der Waals surface area contributed by atoms with Crippen molar-refractivity contribution in [2.24, 2.45) is 5.73 Å². The number of hydrogen-bond acceptors (Lipinski definition) is 4. The third kappa shape index (κ3) is 3.22. The second kappa shape index (κ2) is 6.42. The van der Waals surface area contributed by atoms with Crippen molar-refractivity contribution in [3.63, 3.8) is 0 Å². The molecule has 0 spiro atoms. The Morgan fingerprint density at radius 3 is 2.65 bits per heavy atom. The quantitative estimate of drug-likeness (QED) is 0.898. The van der Waals surface area contributed by atoms with Gasteiger partial charge in [0.25, 0.3) is 5.91 Å². The fraction of sp³-hybridized carbons (Fsp3) is 0.294. The Morgan fingerprint density at radius 1 is 1.22 bits per heavy atom. The van der Waals surface area contributed by atoms with E-state index in [0.29, 0.717) is 36.5 Å². The van der Waals surface area contributed by atoms with Gasteiger partial charge in [0, 0.05) is 17.8 Å². The van der Waals surface area contributed by atoms with Crippen LogP contribution in [0.1, 0.15) is 32.8 Å². The summed E-state index contributed by atoms with van der Waals surface area (Å²) in [6.45, 7) is 1.13. The second-order valence-electron chi connectivity index (χ2n) is 5.66. The van der Waals surface area contributed by atoms with Crippen molar-refractivity contribution in [2.75, 3.05) is 12.3 Å². The van der Waals surface area contributed by atoms with Gasteiger partial charge in [0.05, 0.1) is 17.1 Å². The van der Waals surface area contributed by atoms with Crippen LogP contribution < -0.4 is 11.5 Å². The van der Waals surface area contributed by atoms with Gasteiger partial charge >= 0.3 is 0 Å². The number of benzene rings is 1. The minimum atomic E-state index is -0.483. The molecule has 2 amide bonds. The first-order valence-electron chi connectivity index (χ1n) is 7.57. The van der Waals surface area contributed by atoms with Gasteiger partial charge in [-0.3, -0.25) is 9.59 Å². The lowest BCUT2D eigenvalue weighted by atomic mass is 10.0. The molecular weight excluding hydrogens is 310 g/mol. The highest BCUT2D eigenvalue weighted by Gasteiger charge is 2.27. The average Bonchev–Trinajstić information content (AvgIpc) is 2.88. The van der Waals surface area contributed by atoms with Crippen LogP contribution in [0.4, 0.5) is 5.00 Å². The molecule has 0 bridgehead atoms. The third-order valence-electron chi connectivity index (χ3n) is 4.15. The number of nitrogens with zero attached hydrogens (tertiary/aromatic N) is 1. The highest BCUT2D eigenvalue weighted by Crippen LogP contribution is 2.35. The lowest BCUT2D eigenvalue weighted by Crippen LogP contribution is -2.36. The number of amides is 2. The summed E-state index contributed by atoms with van der Waals surface area (Å²) in [4.78, 5) is 26.7. The predicted octanol–water partition coefficient (Wildman–Crippen LogP) is 1.95. The largest absolute Gasteiger partial charge is 0.390 e. The van der Waals surface area contributed by atoms with Gasteiger partial charge in [-0.15, -0.1) is 11.3 Å². The monoisotopic (exact) mass is 329 g/mol. The molecule has 0 fully saturated rings. The summed E-state index contributed by atoms with van der Waals surface area (Å²) < 4.78 is 0. The molecule has 2 heterocycles. The summed E-state index contributed by atoms with van der Waals surface area (Å²) in [7, 11) is 0. The third-order valence-corrected chi connectivity index (χ3v) is 5.20. The molecule has 4 N–H and O–H groups in total. The van der Waals surface area contributed by atoms with Crippen LogP contribution in [0, 0.1) is 0 Å². The maximum Gasteiger partial charge on any atom is 0.251 e. The van der Waals surface area contributed by atoms with Gasteiger partial charge in [-0.05, 0) is 24.0 Å². The lowest BCUT2D eigenvalue weighted by molar-refractivity contribution is -0.132. The van der Waals surface area contributed by atoms with E-state index in [9.17, 15) is 9.59 Å². The molecule has 0 aliphatic carbocycles. The van der Waals surface area contributed by atoms with E-state index in [-0.39, 0.29) is 5.91 Å². The van der Waals surface area contributed by atoms with Crippen LogP contribution in [0.2, 0.25) is 0 Å². The molecule has 0 saturated carbocycles. The van der Waals surface area contributed by atoms with Crippen molar-refractivity contribution in [3.05, 3.63) is 51.9 Å². The highest BCUT2D eigenvalue weighted by molar-refractivity contribution is 7.16. The summed E-state index contributed by atoms with van der Waals surface area (Å²) in [5.41, 5.74) is 13.8. The minimum Gasteiger partial charge on any atom is -0.390 e. The van der Waals surface area contributed by atoms with E-state index >= 15 is 0 Å². The molecule has 120 valence electrons. The van der Waals surface area contributed by atoms with E-state index in [0.717, 1.165) is 22.4 Å². The first-order chi connectivity index (χ1) is 11.1. The Hall–Kier alpha value is -2.34. The second-order valence-corrected chi connectivity index (χ2v) is 6.79. The number of fused-ring (bicyclic) bond motifs is 1. The van der Waals surface area contributed by atoms with Crippen molar-refractivity contribution >= 4 is 28.2 Å². The molecule has 0 saturated heterocycles. The maximum absolute atomic E-state index is 12.4. The lowest BCUT2D eigenvalue weighted by Gasteiger charge is -2.27. The Balaban J connectivity index is 1.66. The number of rotatable bonds is 4. The van der Waals surface area contributed by atoms with E-state index in [1.807, 2.05) is 35.2 Å². The van der Waals surface area contributed by atoms with Crippen molar-refractivity contribution in [3.8, 4) is 0 Å². The van der Waals surface area contributed by atoms with Crippen molar-refractivity contribution in [1.29, 1.82) is 0 Å². The molecule has 6 heteroatoms. The summed E-state index contributed by atoms with van der Waals surface area (Å²) in [5.74, 6) is -0.351. The fourth-order valence-corrected chi connectivity index (χ4v) is 4.10. The number of hydrogen-bond donors (Lipinski definition) is 2. The first-order valence-corrected chi connectivity index (χ1v) is 8.39. The number of nitrogen functional groups attached to an aromatic ring is 1. The molecule has 0 radical (unpaired) electrons. The molecule has 2 aromatic rings. The Morgan fingerprint density at radius 2 is 1.96 bits per heavy atom. The summed E-state index contributed by atoms with van der Waals surface area (Å²) >= 11 is 1.36. The van der Waals surface area contributed by atoms with Gasteiger partial charge in [-0.25, -0.2) is 0 Å². The van der Waals surface area contributed by atoms with Gasteiger partial charge in [-0.2, -0.15) is 0 Å². The average molecular weight is 329 g/mol. The van der Waals surface area contributed by atoms with E-state index in [4.69, 9.17) is 11.5 Å². The standard InChI is InChI=1S/C17H19N3O2S/c18-16(22)15-12-8-9-20(10-13(12)23-17(15)19)14(21)7-6-11-4-2-1-3-5-11/h1-5H,6-10,19H2,(H2,18,22). The van der Waals surface area contributed by atoms with E-state index in [1.54, 1.807) is 0 Å². The van der Waals surface area contributed by atoms with Crippen LogP contribution >= 0.6 is 11.3 Å². The molecule has 1 aliphatic heterocycles. The van der Waals surface area contributed by atoms with Crippen molar-refractivity contribution < 1.29 is 9.59 Å². The molecule has 1 aromatic carbocycles. The van der Waals surface area contributed by atoms with Crippen LogP contribution in [0.5, 0.6) is 0 Å². The molecule has 23 heavy (non-hydrogen) atoms. The number of thiophene rings is 1. The zero-order chi connectivity index (χ0) is 16.4. The van der Waals surface area contributed by atoms with E-state index in [1.165, 1.54) is 11.3 Å². The number of aryl methyl sites for hydroxylation is 1. The number of nitrogens with two attached hydrogens (primary N) is 2. The molecule has 0 atom stereocenters. The van der Waals surface area contributed by atoms with Crippen LogP contribution in [-0.4, -0.2) is 23.3 Å². The highest BCUT2D eigenvalue weighted by atomic mass is 32.1. The number of carbonyl (C=O) groups is 2. The zero-order valence-corrected chi connectivity index (χ0v) is 13.6. The first kappa shape index (κ1) is 15.6. The summed E-state index contributed by atoms with van der Waals surface area (Å²) in [5, 5.41) is 0.459. The van der Waals surface area contributed by atoms with E-state index < -0.39 is 5.91 Å². The van der Waals surface area contributed by atoms with Crippen molar-refractivity contribution in [1.82, 2.24) is 4.90 Å². The maximum atomic E-state index is 12.4. The molecule has 5 nitrogen and oxygen atoms in total. The van der Waals surface area contributed by atoms with Gasteiger partial charge in [-0.1, -0.05) is 30.3 Å². The SMILES string of the molecule is NC(=O)c1c(N)sc2c1CCN(C(=O)CCc1ccccc1)C2. The van der Waals surface area contributed by atoms with Gasteiger partial charge in [0.15, 0.2) is 0 Å². The molecular formula is C17H19N3O2S. The normalized spacial score (nSPS) is 13.7. The molecule has 3 rings (SSSR count). The Bertz CT molecular complexity index is 740. The van der Waals surface area contributed by atoms with Crippen LogP contribution in [0.25, 0.3) is 0 Å². The topological polar surface area (TPSA) is 89.4 Å². The fourth-order valence-electron chi connectivity index (χ4n) is 2.96. The zero-order valence-electron chi connectivity index (χ0n) is 12.7. The Labute approximate surface area is 138 Å². The smallest absolute Gasteiger partial charge is 0.251 e. The van der Waals surface area contributed by atoms with Crippen LogP contribution in [0.3, 0.4) is 0 Å². The number of carbonyl (C=O) groups excluding carboxylic acids is 2. The minimum absolute atomic E-state index is 0.132.